The summed E-state index contributed by atoms with van der Waals surface area (Å²) in [5.74, 6) is 0.278. The number of aromatic nitrogens is 4. The number of hydrogen-bond donors (Lipinski definition) is 1. The summed E-state index contributed by atoms with van der Waals surface area (Å²) in [5, 5.41) is 16.9. The Bertz CT molecular complexity index is 934. The van der Waals surface area contributed by atoms with E-state index in [0.717, 1.165) is 16.3 Å². The molecule has 1 aliphatic rings. The van der Waals surface area contributed by atoms with E-state index < -0.39 is 0 Å². The lowest BCUT2D eigenvalue weighted by Crippen LogP contribution is -2.25. The maximum atomic E-state index is 12.6. The van der Waals surface area contributed by atoms with E-state index in [-0.39, 0.29) is 11.4 Å². The number of carbonyl (C=O) groups excluding carboxylic acids is 1. The fourth-order valence-electron chi connectivity index (χ4n) is 2.85. The van der Waals surface area contributed by atoms with Crippen LogP contribution in [-0.4, -0.2) is 25.9 Å². The molecule has 1 aromatic carbocycles. The molecule has 1 aliphatic carbocycles. The smallest absolute Gasteiger partial charge is 0.277 e. The van der Waals surface area contributed by atoms with Crippen LogP contribution in [0, 0.1) is 0 Å². The molecule has 7 heteroatoms. The van der Waals surface area contributed by atoms with Crippen LogP contribution in [0.5, 0.6) is 0 Å². The second-order valence-electron chi connectivity index (χ2n) is 7.54. The van der Waals surface area contributed by atoms with E-state index in [1.165, 1.54) is 24.2 Å². The zero-order valence-corrected chi connectivity index (χ0v) is 15.9. The number of carbonyl (C=O) groups is 1. The van der Waals surface area contributed by atoms with Gasteiger partial charge in [0.2, 0.25) is 5.13 Å². The highest BCUT2D eigenvalue weighted by atomic mass is 32.1. The summed E-state index contributed by atoms with van der Waals surface area (Å²) in [6, 6.07) is 11.7. The first kappa shape index (κ1) is 16.9. The van der Waals surface area contributed by atoms with Crippen LogP contribution in [0.4, 0.5) is 5.13 Å². The highest BCUT2D eigenvalue weighted by molar-refractivity contribution is 7.18. The van der Waals surface area contributed by atoms with Gasteiger partial charge in [-0.15, -0.1) is 10.2 Å². The van der Waals surface area contributed by atoms with Gasteiger partial charge in [0, 0.05) is 17.2 Å². The monoisotopic (exact) mass is 367 g/mol. The average Bonchev–Trinajstić information content (AvgIpc) is 3.17. The second kappa shape index (κ2) is 6.32. The Morgan fingerprint density at radius 2 is 1.92 bits per heavy atom. The second-order valence-corrected chi connectivity index (χ2v) is 8.52. The Kier molecular flexibility index (Phi) is 4.11. The SMILES string of the molecule is CC(C)(C)n1nc(C(=O)Nc2nnc(-c3ccccc3)s2)cc1C1CC1. The third-order valence-electron chi connectivity index (χ3n) is 4.27. The molecule has 3 aromatic rings. The molecule has 0 radical (unpaired) electrons. The molecule has 2 heterocycles. The van der Waals surface area contributed by atoms with Crippen molar-refractivity contribution in [3.63, 3.8) is 0 Å². The van der Waals surface area contributed by atoms with Gasteiger partial charge in [-0.1, -0.05) is 41.7 Å². The molecule has 2 aromatic heterocycles. The third-order valence-corrected chi connectivity index (χ3v) is 5.15. The molecule has 1 fully saturated rings. The summed E-state index contributed by atoms with van der Waals surface area (Å²) < 4.78 is 1.98. The van der Waals surface area contributed by atoms with Gasteiger partial charge in [0.05, 0.1) is 5.54 Å². The standard InChI is InChI=1S/C19H21N5OS/c1-19(2,3)24-15(12-9-10-12)11-14(23-24)16(25)20-18-22-21-17(26-18)13-7-5-4-6-8-13/h4-8,11-12H,9-10H2,1-3H3,(H,20,22,25). The lowest BCUT2D eigenvalue weighted by Gasteiger charge is -2.22. The molecular formula is C19H21N5OS. The van der Waals surface area contributed by atoms with Crippen LogP contribution in [0.25, 0.3) is 10.6 Å². The number of anilines is 1. The molecule has 6 nitrogen and oxygen atoms in total. The number of benzene rings is 1. The minimum atomic E-state index is -0.245. The molecular weight excluding hydrogens is 346 g/mol. The van der Waals surface area contributed by atoms with E-state index in [1.807, 2.05) is 41.1 Å². The molecule has 4 rings (SSSR count). The molecule has 1 saturated carbocycles. The molecule has 1 N–H and O–H groups in total. The van der Waals surface area contributed by atoms with Crippen molar-refractivity contribution in [1.29, 1.82) is 0 Å². The van der Waals surface area contributed by atoms with Crippen LogP contribution in [-0.2, 0) is 5.54 Å². The molecule has 134 valence electrons. The van der Waals surface area contributed by atoms with Gasteiger partial charge < -0.3 is 0 Å². The molecule has 0 bridgehead atoms. The zero-order valence-electron chi connectivity index (χ0n) is 15.1. The van der Waals surface area contributed by atoms with E-state index in [0.29, 0.717) is 16.7 Å². The van der Waals surface area contributed by atoms with E-state index in [1.54, 1.807) is 0 Å². The molecule has 26 heavy (non-hydrogen) atoms. The number of nitrogens with one attached hydrogen (secondary N) is 1. The number of rotatable bonds is 4. The Labute approximate surface area is 156 Å². The zero-order chi connectivity index (χ0) is 18.3. The third kappa shape index (κ3) is 3.39. The Morgan fingerprint density at radius 3 is 2.58 bits per heavy atom. The first-order chi connectivity index (χ1) is 12.4. The summed E-state index contributed by atoms with van der Waals surface area (Å²) in [6.45, 7) is 6.30. The largest absolute Gasteiger partial charge is 0.295 e. The van der Waals surface area contributed by atoms with Crippen LogP contribution in [0.3, 0.4) is 0 Å². The van der Waals surface area contributed by atoms with Crippen LogP contribution in [0.1, 0.15) is 55.7 Å². The van der Waals surface area contributed by atoms with Gasteiger partial charge in [0.15, 0.2) is 5.69 Å². The van der Waals surface area contributed by atoms with Gasteiger partial charge in [-0.05, 0) is 39.7 Å². The average molecular weight is 367 g/mol. The quantitative estimate of drug-likeness (QED) is 0.747. The predicted octanol–water partition coefficient (Wildman–Crippen LogP) is 4.29. The summed E-state index contributed by atoms with van der Waals surface area (Å²) in [4.78, 5) is 12.6. The molecule has 0 atom stereocenters. The van der Waals surface area contributed by atoms with Crippen molar-refractivity contribution in [2.45, 2.75) is 45.1 Å². The first-order valence-electron chi connectivity index (χ1n) is 8.72. The highest BCUT2D eigenvalue weighted by Crippen LogP contribution is 2.41. The lowest BCUT2D eigenvalue weighted by atomic mass is 10.1. The fourth-order valence-corrected chi connectivity index (χ4v) is 3.59. The molecule has 0 saturated heterocycles. The van der Waals surface area contributed by atoms with E-state index >= 15 is 0 Å². The van der Waals surface area contributed by atoms with Gasteiger partial charge in [-0.25, -0.2) is 0 Å². The fraction of sp³-hybridized carbons (Fsp3) is 0.368. The Balaban J connectivity index is 1.55. The minimum Gasteiger partial charge on any atom is -0.295 e. The van der Waals surface area contributed by atoms with Crippen molar-refractivity contribution in [2.24, 2.45) is 0 Å². The van der Waals surface area contributed by atoms with Crippen molar-refractivity contribution in [1.82, 2.24) is 20.0 Å². The molecule has 0 unspecified atom stereocenters. The van der Waals surface area contributed by atoms with Crippen LogP contribution >= 0.6 is 11.3 Å². The summed E-state index contributed by atoms with van der Waals surface area (Å²) in [5.41, 5.74) is 2.40. The van der Waals surface area contributed by atoms with Gasteiger partial charge in [-0.2, -0.15) is 5.10 Å². The Morgan fingerprint density at radius 1 is 1.19 bits per heavy atom. The topological polar surface area (TPSA) is 72.7 Å². The number of hydrogen-bond acceptors (Lipinski definition) is 5. The number of nitrogens with zero attached hydrogens (tertiary/aromatic N) is 4. The van der Waals surface area contributed by atoms with E-state index in [9.17, 15) is 4.79 Å². The summed E-state index contributed by atoms with van der Waals surface area (Å²) >= 11 is 1.36. The van der Waals surface area contributed by atoms with Crippen LogP contribution in [0.2, 0.25) is 0 Å². The van der Waals surface area contributed by atoms with Crippen LogP contribution in [0.15, 0.2) is 36.4 Å². The van der Waals surface area contributed by atoms with Crippen LogP contribution < -0.4 is 5.32 Å². The van der Waals surface area contributed by atoms with Crippen molar-refractivity contribution in [3.8, 4) is 10.6 Å². The van der Waals surface area contributed by atoms with Crippen molar-refractivity contribution in [2.75, 3.05) is 5.32 Å². The van der Waals surface area contributed by atoms with Crippen molar-refractivity contribution >= 4 is 22.4 Å². The highest BCUT2D eigenvalue weighted by Gasteiger charge is 2.32. The minimum absolute atomic E-state index is 0.153. The Hall–Kier alpha value is -2.54. The maximum Gasteiger partial charge on any atom is 0.277 e. The van der Waals surface area contributed by atoms with E-state index in [4.69, 9.17) is 0 Å². The lowest BCUT2D eigenvalue weighted by molar-refractivity contribution is 0.102. The first-order valence-corrected chi connectivity index (χ1v) is 9.54. The molecule has 1 amide bonds. The normalized spacial score (nSPS) is 14.4. The number of amides is 1. The van der Waals surface area contributed by atoms with Crippen molar-refractivity contribution < 1.29 is 4.79 Å². The molecule has 0 aliphatic heterocycles. The molecule has 0 spiro atoms. The van der Waals surface area contributed by atoms with E-state index in [2.05, 4.69) is 41.4 Å². The van der Waals surface area contributed by atoms with Gasteiger partial charge in [0.25, 0.3) is 5.91 Å². The van der Waals surface area contributed by atoms with Crippen molar-refractivity contribution in [3.05, 3.63) is 47.8 Å². The summed E-state index contributed by atoms with van der Waals surface area (Å²) in [6.07, 6.45) is 2.33. The van der Waals surface area contributed by atoms with Gasteiger partial charge >= 0.3 is 0 Å². The van der Waals surface area contributed by atoms with Gasteiger partial charge in [0.1, 0.15) is 5.01 Å². The summed E-state index contributed by atoms with van der Waals surface area (Å²) in [7, 11) is 0. The van der Waals surface area contributed by atoms with Gasteiger partial charge in [-0.3, -0.25) is 14.8 Å². The maximum absolute atomic E-state index is 12.6. The predicted molar refractivity (Wildman–Crippen MR) is 102 cm³/mol.